The lowest BCUT2D eigenvalue weighted by molar-refractivity contribution is 0.157. The van der Waals surface area contributed by atoms with Crippen molar-refractivity contribution in [3.05, 3.63) is 0 Å². The molecule has 0 aromatic rings. The molecule has 1 heterocycles. The largest absolute Gasteiger partial charge is 0.384 e. The standard InChI is InChI=1S/C18H38N4O/c1-7-16(8-2)17(21(4)5)12-20-18(19-9-3)22-11-10-15(13-22)14-23-6/h15-17H,7-14H2,1-6H3,(H,19,20). The zero-order chi connectivity index (χ0) is 17.2. The minimum atomic E-state index is 0.510. The lowest BCUT2D eigenvalue weighted by Crippen LogP contribution is -2.43. The van der Waals surface area contributed by atoms with Gasteiger partial charge in [-0.3, -0.25) is 4.99 Å². The molecule has 0 radical (unpaired) electrons. The summed E-state index contributed by atoms with van der Waals surface area (Å²) < 4.78 is 5.31. The highest BCUT2D eigenvalue weighted by molar-refractivity contribution is 5.80. The summed E-state index contributed by atoms with van der Waals surface area (Å²) in [6.45, 7) is 11.5. The van der Waals surface area contributed by atoms with Gasteiger partial charge in [0.25, 0.3) is 0 Å². The number of hydrogen-bond donors (Lipinski definition) is 1. The maximum absolute atomic E-state index is 5.31. The van der Waals surface area contributed by atoms with Crippen molar-refractivity contribution in [1.29, 1.82) is 0 Å². The molecule has 1 fully saturated rings. The van der Waals surface area contributed by atoms with Gasteiger partial charge in [0.05, 0.1) is 13.2 Å². The third kappa shape index (κ3) is 6.30. The molecule has 1 rings (SSSR count). The summed E-state index contributed by atoms with van der Waals surface area (Å²) in [5.74, 6) is 2.41. The van der Waals surface area contributed by atoms with Crippen LogP contribution < -0.4 is 5.32 Å². The van der Waals surface area contributed by atoms with E-state index in [1.54, 1.807) is 7.11 Å². The predicted molar refractivity (Wildman–Crippen MR) is 99.1 cm³/mol. The Kier molecular flexibility index (Phi) is 9.56. The summed E-state index contributed by atoms with van der Waals surface area (Å²) in [6, 6.07) is 0.510. The maximum atomic E-state index is 5.31. The molecule has 136 valence electrons. The number of aliphatic imine (C=N–C) groups is 1. The lowest BCUT2D eigenvalue weighted by Gasteiger charge is -2.31. The third-order valence-electron chi connectivity index (χ3n) is 5.01. The monoisotopic (exact) mass is 326 g/mol. The molecule has 5 heteroatoms. The van der Waals surface area contributed by atoms with Gasteiger partial charge in [0.1, 0.15) is 0 Å². The van der Waals surface area contributed by atoms with Crippen LogP contribution in [-0.4, -0.2) is 75.8 Å². The van der Waals surface area contributed by atoms with Gasteiger partial charge in [-0.2, -0.15) is 0 Å². The van der Waals surface area contributed by atoms with Crippen LogP contribution in [0.25, 0.3) is 0 Å². The number of hydrogen-bond acceptors (Lipinski definition) is 3. The molecule has 0 aromatic heterocycles. The average Bonchev–Trinajstić information content (AvgIpc) is 2.98. The van der Waals surface area contributed by atoms with E-state index in [9.17, 15) is 0 Å². The summed E-state index contributed by atoms with van der Waals surface area (Å²) in [5.41, 5.74) is 0. The van der Waals surface area contributed by atoms with Gasteiger partial charge in [-0.15, -0.1) is 0 Å². The molecule has 0 aromatic carbocycles. The quantitative estimate of drug-likeness (QED) is 0.521. The summed E-state index contributed by atoms with van der Waals surface area (Å²) in [4.78, 5) is 9.71. The van der Waals surface area contributed by atoms with Crippen molar-refractivity contribution in [3.8, 4) is 0 Å². The maximum Gasteiger partial charge on any atom is 0.193 e. The summed E-state index contributed by atoms with van der Waals surface area (Å²) >= 11 is 0. The molecule has 1 aliphatic heterocycles. The molecule has 0 amide bonds. The van der Waals surface area contributed by atoms with Crippen molar-refractivity contribution in [3.63, 3.8) is 0 Å². The smallest absolute Gasteiger partial charge is 0.193 e. The number of likely N-dealkylation sites (tertiary alicyclic amines) is 1. The number of ether oxygens (including phenoxy) is 1. The highest BCUT2D eigenvalue weighted by atomic mass is 16.5. The Morgan fingerprint density at radius 3 is 2.52 bits per heavy atom. The first-order valence-corrected chi connectivity index (χ1v) is 9.25. The van der Waals surface area contributed by atoms with E-state index < -0.39 is 0 Å². The molecule has 2 unspecified atom stereocenters. The summed E-state index contributed by atoms with van der Waals surface area (Å²) in [6.07, 6.45) is 3.62. The molecule has 1 aliphatic rings. The minimum absolute atomic E-state index is 0.510. The van der Waals surface area contributed by atoms with E-state index in [0.717, 1.165) is 38.7 Å². The topological polar surface area (TPSA) is 40.1 Å². The van der Waals surface area contributed by atoms with Crippen molar-refractivity contribution in [2.75, 3.05) is 54.0 Å². The summed E-state index contributed by atoms with van der Waals surface area (Å²) in [5, 5.41) is 3.47. The van der Waals surface area contributed by atoms with Crippen LogP contribution in [0.3, 0.4) is 0 Å². The molecule has 0 aliphatic carbocycles. The predicted octanol–water partition coefficient (Wildman–Crippen LogP) is 2.29. The van der Waals surface area contributed by atoms with E-state index in [-0.39, 0.29) is 0 Å². The first-order valence-electron chi connectivity index (χ1n) is 9.25. The van der Waals surface area contributed by atoms with Crippen molar-refractivity contribution in [2.45, 2.75) is 46.1 Å². The Morgan fingerprint density at radius 1 is 1.30 bits per heavy atom. The van der Waals surface area contributed by atoms with Crippen LogP contribution >= 0.6 is 0 Å². The van der Waals surface area contributed by atoms with Gasteiger partial charge in [-0.25, -0.2) is 0 Å². The van der Waals surface area contributed by atoms with E-state index >= 15 is 0 Å². The van der Waals surface area contributed by atoms with Gasteiger partial charge in [0.2, 0.25) is 0 Å². The molecule has 1 saturated heterocycles. The van der Waals surface area contributed by atoms with Crippen molar-refractivity contribution in [1.82, 2.24) is 15.1 Å². The van der Waals surface area contributed by atoms with Crippen LogP contribution in [0.1, 0.15) is 40.0 Å². The molecule has 1 N–H and O–H groups in total. The normalized spacial score (nSPS) is 20.6. The highest BCUT2D eigenvalue weighted by Gasteiger charge is 2.26. The number of likely N-dealkylation sites (N-methyl/N-ethyl adjacent to an activating group) is 1. The van der Waals surface area contributed by atoms with Gasteiger partial charge in [-0.1, -0.05) is 26.7 Å². The van der Waals surface area contributed by atoms with Crippen LogP contribution in [0.4, 0.5) is 0 Å². The molecular weight excluding hydrogens is 288 g/mol. The van der Waals surface area contributed by atoms with Crippen molar-refractivity contribution in [2.24, 2.45) is 16.8 Å². The molecule has 23 heavy (non-hydrogen) atoms. The fourth-order valence-corrected chi connectivity index (χ4v) is 3.57. The molecule has 2 atom stereocenters. The number of methoxy groups -OCH3 is 1. The minimum Gasteiger partial charge on any atom is -0.384 e. The fraction of sp³-hybridized carbons (Fsp3) is 0.944. The van der Waals surface area contributed by atoms with Gasteiger partial charge in [0.15, 0.2) is 5.96 Å². The Labute approximate surface area is 143 Å². The molecule has 5 nitrogen and oxygen atoms in total. The van der Waals surface area contributed by atoms with E-state index in [4.69, 9.17) is 9.73 Å². The second-order valence-electron chi connectivity index (χ2n) is 6.86. The molecular formula is C18H38N4O. The Bertz CT molecular complexity index is 342. The number of guanidine groups is 1. The van der Waals surface area contributed by atoms with E-state index in [2.05, 4.69) is 50.0 Å². The Balaban J connectivity index is 2.73. The highest BCUT2D eigenvalue weighted by Crippen LogP contribution is 2.19. The first-order chi connectivity index (χ1) is 11.1. The van der Waals surface area contributed by atoms with Crippen LogP contribution in [-0.2, 0) is 4.74 Å². The third-order valence-corrected chi connectivity index (χ3v) is 5.01. The number of nitrogens with zero attached hydrogens (tertiary/aromatic N) is 3. The number of nitrogens with one attached hydrogen (secondary N) is 1. The Hall–Kier alpha value is -0.810. The molecule has 0 bridgehead atoms. The van der Waals surface area contributed by atoms with E-state index in [0.29, 0.717) is 17.9 Å². The van der Waals surface area contributed by atoms with Crippen LogP contribution in [0.5, 0.6) is 0 Å². The van der Waals surface area contributed by atoms with Crippen molar-refractivity contribution < 1.29 is 4.74 Å². The SMILES string of the molecule is CCNC(=NCC(C(CC)CC)N(C)C)N1CCC(COC)C1. The van der Waals surface area contributed by atoms with Crippen molar-refractivity contribution >= 4 is 5.96 Å². The molecule has 0 spiro atoms. The van der Waals surface area contributed by atoms with Gasteiger partial charge in [0, 0.05) is 38.7 Å². The van der Waals surface area contributed by atoms with Gasteiger partial charge in [-0.05, 0) is 33.4 Å². The first kappa shape index (κ1) is 20.2. The molecule has 0 saturated carbocycles. The lowest BCUT2D eigenvalue weighted by atomic mass is 9.93. The second-order valence-corrected chi connectivity index (χ2v) is 6.86. The van der Waals surface area contributed by atoms with Gasteiger partial charge >= 0.3 is 0 Å². The van der Waals surface area contributed by atoms with Crippen LogP contribution in [0.15, 0.2) is 4.99 Å². The summed E-state index contributed by atoms with van der Waals surface area (Å²) in [7, 11) is 6.14. The average molecular weight is 327 g/mol. The van der Waals surface area contributed by atoms with E-state index in [1.165, 1.54) is 19.3 Å². The second kappa shape index (κ2) is 10.9. The van der Waals surface area contributed by atoms with Gasteiger partial charge < -0.3 is 19.9 Å². The van der Waals surface area contributed by atoms with Crippen LogP contribution in [0, 0.1) is 11.8 Å². The van der Waals surface area contributed by atoms with Crippen LogP contribution in [0.2, 0.25) is 0 Å². The Morgan fingerprint density at radius 2 is 2.00 bits per heavy atom. The zero-order valence-electron chi connectivity index (χ0n) is 16.1. The van der Waals surface area contributed by atoms with E-state index in [1.807, 2.05) is 0 Å². The zero-order valence-corrected chi connectivity index (χ0v) is 16.1. The number of rotatable bonds is 9. The fourth-order valence-electron chi connectivity index (χ4n) is 3.57.